The first-order valence-corrected chi connectivity index (χ1v) is 8.68. The van der Waals surface area contributed by atoms with Crippen LogP contribution in [0.1, 0.15) is 33.2 Å². The summed E-state index contributed by atoms with van der Waals surface area (Å²) in [6.45, 7) is 5.39. The molecule has 10 heteroatoms. The molecule has 1 aliphatic rings. The second-order valence-corrected chi connectivity index (χ2v) is 7.70. The van der Waals surface area contributed by atoms with Crippen molar-refractivity contribution in [2.45, 2.75) is 45.0 Å². The van der Waals surface area contributed by atoms with E-state index in [1.165, 1.54) is 20.2 Å². The molecular weight excluding hydrogens is 365 g/mol. The Labute approximate surface area is 154 Å². The third-order valence-electron chi connectivity index (χ3n) is 4.29. The fourth-order valence-electron chi connectivity index (χ4n) is 3.09. The number of halogens is 2. The number of piperidine rings is 1. The minimum Gasteiger partial charge on any atom is -0.444 e. The van der Waals surface area contributed by atoms with Crippen molar-refractivity contribution in [2.75, 3.05) is 13.1 Å². The van der Waals surface area contributed by atoms with Crippen LogP contribution in [0.4, 0.5) is 9.18 Å². The van der Waals surface area contributed by atoms with Crippen molar-refractivity contribution < 1.29 is 13.9 Å². The van der Waals surface area contributed by atoms with E-state index in [1.54, 1.807) is 27.8 Å². The highest BCUT2D eigenvalue weighted by molar-refractivity contribution is 6.28. The minimum atomic E-state index is -1.44. The van der Waals surface area contributed by atoms with Gasteiger partial charge in [-0.05, 0) is 38.8 Å². The fourth-order valence-corrected chi connectivity index (χ4v) is 3.22. The highest BCUT2D eigenvalue weighted by atomic mass is 35.5. The molecule has 2 atom stereocenters. The van der Waals surface area contributed by atoms with Crippen LogP contribution in [0.3, 0.4) is 0 Å². The Morgan fingerprint density at radius 2 is 2.12 bits per heavy atom. The molecule has 0 aromatic carbocycles. The summed E-state index contributed by atoms with van der Waals surface area (Å²) in [6.07, 6.45) is -0.297. The summed E-state index contributed by atoms with van der Waals surface area (Å²) in [4.78, 5) is 34.0. The molecule has 3 rings (SSSR count). The molecular formula is C16H21ClFN5O3. The maximum absolute atomic E-state index is 14.9. The Morgan fingerprint density at radius 1 is 1.42 bits per heavy atom. The van der Waals surface area contributed by atoms with Crippen molar-refractivity contribution in [3.63, 3.8) is 0 Å². The third kappa shape index (κ3) is 3.40. The van der Waals surface area contributed by atoms with Crippen LogP contribution in [0.2, 0.25) is 5.28 Å². The maximum Gasteiger partial charge on any atom is 0.410 e. The van der Waals surface area contributed by atoms with Gasteiger partial charge < -0.3 is 9.64 Å². The molecule has 0 radical (unpaired) electrons. The number of rotatable bonds is 1. The van der Waals surface area contributed by atoms with Crippen molar-refractivity contribution >= 4 is 28.9 Å². The van der Waals surface area contributed by atoms with Gasteiger partial charge in [0.05, 0.1) is 18.8 Å². The third-order valence-corrected chi connectivity index (χ3v) is 4.48. The molecule has 3 heterocycles. The monoisotopic (exact) mass is 385 g/mol. The molecule has 2 aromatic heterocycles. The van der Waals surface area contributed by atoms with Gasteiger partial charge >= 0.3 is 11.8 Å². The number of amides is 1. The van der Waals surface area contributed by atoms with Gasteiger partial charge in [0.2, 0.25) is 5.28 Å². The fraction of sp³-hybridized carbons (Fsp3) is 0.625. The average Bonchev–Trinajstić information content (AvgIpc) is 2.77. The van der Waals surface area contributed by atoms with Gasteiger partial charge in [-0.2, -0.15) is 4.98 Å². The SMILES string of the molecule is Cn1c(=O)n([C@@H]2CCN(C(=O)OC(C)(C)C)C[C@@H]2F)c2nc(Cl)ncc21. The van der Waals surface area contributed by atoms with E-state index in [9.17, 15) is 14.0 Å². The molecule has 0 N–H and O–H groups in total. The normalized spacial score (nSPS) is 21.2. The largest absolute Gasteiger partial charge is 0.444 e. The van der Waals surface area contributed by atoms with Crippen LogP contribution in [-0.2, 0) is 11.8 Å². The molecule has 0 spiro atoms. The molecule has 1 amide bonds. The number of hydrogen-bond acceptors (Lipinski definition) is 5. The lowest BCUT2D eigenvalue weighted by Gasteiger charge is -2.35. The molecule has 1 saturated heterocycles. The van der Waals surface area contributed by atoms with Gasteiger partial charge in [-0.3, -0.25) is 9.13 Å². The van der Waals surface area contributed by atoms with Crippen LogP contribution in [0.15, 0.2) is 11.0 Å². The Bertz CT molecular complexity index is 904. The lowest BCUT2D eigenvalue weighted by atomic mass is 10.0. The maximum atomic E-state index is 14.9. The van der Waals surface area contributed by atoms with Gasteiger partial charge in [0.15, 0.2) is 5.65 Å². The van der Waals surface area contributed by atoms with Gasteiger partial charge in [-0.25, -0.2) is 19.0 Å². The molecule has 26 heavy (non-hydrogen) atoms. The number of nitrogens with zero attached hydrogens (tertiary/aromatic N) is 5. The summed E-state index contributed by atoms with van der Waals surface area (Å²) in [6, 6.07) is -0.740. The van der Waals surface area contributed by atoms with E-state index >= 15 is 0 Å². The molecule has 1 fully saturated rings. The molecule has 142 valence electrons. The van der Waals surface area contributed by atoms with Gasteiger partial charge in [0, 0.05) is 13.6 Å². The smallest absolute Gasteiger partial charge is 0.410 e. The van der Waals surface area contributed by atoms with E-state index in [0.29, 0.717) is 5.52 Å². The van der Waals surface area contributed by atoms with Crippen LogP contribution < -0.4 is 5.69 Å². The number of fused-ring (bicyclic) bond motifs is 1. The number of aryl methyl sites for hydroxylation is 1. The number of likely N-dealkylation sites (tertiary alicyclic amines) is 1. The second kappa shape index (κ2) is 6.53. The van der Waals surface area contributed by atoms with Gasteiger partial charge in [0.25, 0.3) is 0 Å². The quantitative estimate of drug-likeness (QED) is 0.703. The Kier molecular flexibility index (Phi) is 4.68. The van der Waals surface area contributed by atoms with Gasteiger partial charge in [0.1, 0.15) is 17.3 Å². The van der Waals surface area contributed by atoms with Crippen molar-refractivity contribution in [3.05, 3.63) is 22.0 Å². The van der Waals surface area contributed by atoms with Gasteiger partial charge in [-0.15, -0.1) is 0 Å². The first kappa shape index (κ1) is 18.6. The van der Waals surface area contributed by atoms with Crippen molar-refractivity contribution in [1.29, 1.82) is 0 Å². The Morgan fingerprint density at radius 3 is 2.73 bits per heavy atom. The first-order valence-electron chi connectivity index (χ1n) is 8.30. The van der Waals surface area contributed by atoms with E-state index in [1.807, 2.05) is 0 Å². The number of imidazole rings is 1. The molecule has 8 nitrogen and oxygen atoms in total. The standard InChI is InChI=1S/C16H21ClFN5O3/c1-16(2,3)26-15(25)22-6-5-10(9(18)8-22)23-12-11(21(4)14(23)24)7-19-13(17)20-12/h7,9-10H,5-6,8H2,1-4H3/t9-,10+/m0/s1. The molecule has 2 aromatic rings. The van der Waals surface area contributed by atoms with Crippen LogP contribution in [-0.4, -0.2) is 55.0 Å². The Balaban J connectivity index is 1.88. The topological polar surface area (TPSA) is 82.2 Å². The average molecular weight is 386 g/mol. The number of ether oxygens (including phenoxy) is 1. The van der Waals surface area contributed by atoms with E-state index in [-0.39, 0.29) is 30.4 Å². The van der Waals surface area contributed by atoms with Crippen molar-refractivity contribution in [1.82, 2.24) is 24.0 Å². The zero-order valence-corrected chi connectivity index (χ0v) is 15.8. The summed E-state index contributed by atoms with van der Waals surface area (Å²) in [5, 5.41) is -0.0153. The first-order chi connectivity index (χ1) is 12.1. The zero-order chi connectivity index (χ0) is 19.2. The van der Waals surface area contributed by atoms with Crippen LogP contribution in [0, 0.1) is 0 Å². The predicted molar refractivity (Wildman–Crippen MR) is 94.1 cm³/mol. The number of carbonyl (C=O) groups is 1. The van der Waals surface area contributed by atoms with Crippen LogP contribution in [0.25, 0.3) is 11.2 Å². The van der Waals surface area contributed by atoms with E-state index < -0.39 is 29.6 Å². The van der Waals surface area contributed by atoms with Crippen molar-refractivity contribution in [3.8, 4) is 0 Å². The molecule has 0 saturated carbocycles. The number of carbonyl (C=O) groups excluding carboxylic acids is 1. The predicted octanol–water partition coefficient (Wildman–Crippen LogP) is 2.30. The zero-order valence-electron chi connectivity index (χ0n) is 15.1. The van der Waals surface area contributed by atoms with Gasteiger partial charge in [-0.1, -0.05) is 0 Å². The lowest BCUT2D eigenvalue weighted by molar-refractivity contribution is 0.00675. The van der Waals surface area contributed by atoms with E-state index in [4.69, 9.17) is 16.3 Å². The summed E-state index contributed by atoms with van der Waals surface area (Å²) in [5.41, 5.74) is -0.285. The number of alkyl halides is 1. The number of aromatic nitrogens is 4. The van der Waals surface area contributed by atoms with Crippen LogP contribution >= 0.6 is 11.6 Å². The second-order valence-electron chi connectivity index (χ2n) is 7.36. The van der Waals surface area contributed by atoms with Crippen LogP contribution in [0.5, 0.6) is 0 Å². The van der Waals surface area contributed by atoms with E-state index in [2.05, 4.69) is 9.97 Å². The molecule has 1 aliphatic heterocycles. The minimum absolute atomic E-state index is 0.0153. The summed E-state index contributed by atoms with van der Waals surface area (Å²) >= 11 is 5.84. The molecule has 0 unspecified atom stereocenters. The van der Waals surface area contributed by atoms with Crippen molar-refractivity contribution in [2.24, 2.45) is 7.05 Å². The Hall–Kier alpha value is -2.16. The molecule has 0 bridgehead atoms. The lowest BCUT2D eigenvalue weighted by Crippen LogP contribution is -2.48. The summed E-state index contributed by atoms with van der Waals surface area (Å²) in [5.74, 6) is 0. The summed E-state index contributed by atoms with van der Waals surface area (Å²) < 4.78 is 22.9. The highest BCUT2D eigenvalue weighted by Gasteiger charge is 2.36. The number of hydrogen-bond donors (Lipinski definition) is 0. The summed E-state index contributed by atoms with van der Waals surface area (Å²) in [7, 11) is 1.57. The molecule has 0 aliphatic carbocycles. The van der Waals surface area contributed by atoms with E-state index in [0.717, 1.165) is 0 Å². The highest BCUT2D eigenvalue weighted by Crippen LogP contribution is 2.28.